The van der Waals surface area contributed by atoms with Gasteiger partial charge in [0.05, 0.1) is 6.54 Å². The van der Waals surface area contributed by atoms with Crippen molar-refractivity contribution in [1.29, 1.82) is 0 Å². The molecule has 2 aromatic heterocycles. The fraction of sp³-hybridized carbons (Fsp3) is 0.125. The first-order chi connectivity index (χ1) is 15.1. The van der Waals surface area contributed by atoms with Crippen molar-refractivity contribution in [1.82, 2.24) is 9.78 Å². The van der Waals surface area contributed by atoms with Crippen LogP contribution in [0, 0.1) is 0 Å². The molecule has 2 aromatic carbocycles. The Labute approximate surface area is 179 Å². The summed E-state index contributed by atoms with van der Waals surface area (Å²) < 4.78 is 13.1. The van der Waals surface area contributed by atoms with Crippen LogP contribution >= 0.6 is 0 Å². The van der Waals surface area contributed by atoms with E-state index in [9.17, 15) is 9.59 Å². The number of Topliss-reactive ketones (excluding diaryl/α,β-unsaturated/α-hetero) is 1. The first kappa shape index (κ1) is 20.2. The maximum absolute atomic E-state index is 12.5. The average Bonchev–Trinajstić information content (AvgIpc) is 3.45. The SMILES string of the molecule is CC(=O)c1ccc(OCc2ccc(C(=O)Nc3cccc(Cn4cccn4)c3)o2)cc1. The quantitative estimate of drug-likeness (QED) is 0.427. The summed E-state index contributed by atoms with van der Waals surface area (Å²) in [4.78, 5) is 23.9. The number of aromatic nitrogens is 2. The molecule has 0 unspecified atom stereocenters. The van der Waals surface area contributed by atoms with Crippen molar-refractivity contribution >= 4 is 17.4 Å². The highest BCUT2D eigenvalue weighted by atomic mass is 16.5. The average molecular weight is 415 g/mol. The molecule has 1 amide bonds. The number of furan rings is 1. The minimum Gasteiger partial charge on any atom is -0.486 e. The Kier molecular flexibility index (Phi) is 5.93. The van der Waals surface area contributed by atoms with Crippen LogP contribution in [0.1, 0.15) is 39.2 Å². The Balaban J connectivity index is 1.34. The molecular formula is C24H21N3O4. The molecule has 156 valence electrons. The van der Waals surface area contributed by atoms with Gasteiger partial charge in [0, 0.05) is 23.6 Å². The third-order valence-corrected chi connectivity index (χ3v) is 4.62. The normalized spacial score (nSPS) is 10.6. The lowest BCUT2D eigenvalue weighted by molar-refractivity contribution is 0.0990. The van der Waals surface area contributed by atoms with Gasteiger partial charge in [0.15, 0.2) is 11.5 Å². The molecule has 7 nitrogen and oxygen atoms in total. The van der Waals surface area contributed by atoms with E-state index in [2.05, 4.69) is 10.4 Å². The first-order valence-electron chi connectivity index (χ1n) is 9.77. The molecule has 4 rings (SSSR count). The van der Waals surface area contributed by atoms with Crippen LogP contribution in [0.5, 0.6) is 5.75 Å². The van der Waals surface area contributed by atoms with E-state index >= 15 is 0 Å². The second kappa shape index (κ2) is 9.13. The zero-order valence-corrected chi connectivity index (χ0v) is 16.9. The van der Waals surface area contributed by atoms with Crippen molar-refractivity contribution in [3.63, 3.8) is 0 Å². The van der Waals surface area contributed by atoms with Crippen LogP contribution in [-0.2, 0) is 13.2 Å². The summed E-state index contributed by atoms with van der Waals surface area (Å²) in [5.41, 5.74) is 2.32. The van der Waals surface area contributed by atoms with E-state index in [1.165, 1.54) is 6.92 Å². The topological polar surface area (TPSA) is 86.4 Å². The number of benzene rings is 2. The molecule has 0 saturated carbocycles. The molecule has 0 spiro atoms. The Morgan fingerprint density at radius 1 is 1.06 bits per heavy atom. The van der Waals surface area contributed by atoms with Gasteiger partial charge in [-0.15, -0.1) is 0 Å². The van der Waals surface area contributed by atoms with Gasteiger partial charge in [-0.1, -0.05) is 12.1 Å². The maximum Gasteiger partial charge on any atom is 0.291 e. The Morgan fingerprint density at radius 2 is 1.90 bits per heavy atom. The van der Waals surface area contributed by atoms with Crippen LogP contribution in [0.25, 0.3) is 0 Å². The number of rotatable bonds is 8. The summed E-state index contributed by atoms with van der Waals surface area (Å²) in [5, 5.41) is 7.04. The Bertz CT molecular complexity index is 1180. The molecule has 1 N–H and O–H groups in total. The van der Waals surface area contributed by atoms with Crippen molar-refractivity contribution in [2.24, 2.45) is 0 Å². The van der Waals surface area contributed by atoms with Crippen molar-refractivity contribution in [3.05, 3.63) is 102 Å². The van der Waals surface area contributed by atoms with Gasteiger partial charge < -0.3 is 14.5 Å². The smallest absolute Gasteiger partial charge is 0.291 e. The van der Waals surface area contributed by atoms with E-state index < -0.39 is 0 Å². The predicted molar refractivity (Wildman–Crippen MR) is 115 cm³/mol. The molecule has 31 heavy (non-hydrogen) atoms. The lowest BCUT2D eigenvalue weighted by atomic mass is 10.1. The number of nitrogens with zero attached hydrogens (tertiary/aromatic N) is 2. The number of hydrogen-bond donors (Lipinski definition) is 1. The molecular weight excluding hydrogens is 394 g/mol. The van der Waals surface area contributed by atoms with Gasteiger partial charge >= 0.3 is 0 Å². The first-order valence-corrected chi connectivity index (χ1v) is 9.77. The fourth-order valence-electron chi connectivity index (χ4n) is 3.04. The molecule has 0 fully saturated rings. The summed E-state index contributed by atoms with van der Waals surface area (Å²) in [6.07, 6.45) is 3.61. The predicted octanol–water partition coefficient (Wildman–Crippen LogP) is 4.56. The van der Waals surface area contributed by atoms with Crippen molar-refractivity contribution in [3.8, 4) is 5.75 Å². The van der Waals surface area contributed by atoms with Crippen LogP contribution in [0.15, 0.2) is 83.5 Å². The zero-order chi connectivity index (χ0) is 21.6. The highest BCUT2D eigenvalue weighted by Crippen LogP contribution is 2.18. The van der Waals surface area contributed by atoms with Crippen molar-refractivity contribution in [2.75, 3.05) is 5.32 Å². The molecule has 0 aliphatic heterocycles. The summed E-state index contributed by atoms with van der Waals surface area (Å²) in [5.74, 6) is 0.992. The fourth-order valence-corrected chi connectivity index (χ4v) is 3.04. The van der Waals surface area contributed by atoms with Gasteiger partial charge in [-0.2, -0.15) is 5.10 Å². The summed E-state index contributed by atoms with van der Waals surface area (Å²) in [6, 6.07) is 19.6. The number of carbonyl (C=O) groups excluding carboxylic acids is 2. The highest BCUT2D eigenvalue weighted by molar-refractivity contribution is 6.02. The number of hydrogen-bond acceptors (Lipinski definition) is 5. The van der Waals surface area contributed by atoms with Gasteiger partial charge in [0.25, 0.3) is 5.91 Å². The molecule has 0 radical (unpaired) electrons. The molecule has 0 saturated heterocycles. The zero-order valence-electron chi connectivity index (χ0n) is 16.9. The van der Waals surface area contributed by atoms with Crippen molar-refractivity contribution < 1.29 is 18.7 Å². The number of ether oxygens (including phenoxy) is 1. The van der Waals surface area contributed by atoms with Crippen LogP contribution < -0.4 is 10.1 Å². The highest BCUT2D eigenvalue weighted by Gasteiger charge is 2.12. The third kappa shape index (κ3) is 5.27. The van der Waals surface area contributed by atoms with Crippen LogP contribution in [-0.4, -0.2) is 21.5 Å². The number of amides is 1. The number of anilines is 1. The van der Waals surface area contributed by atoms with E-state index in [0.29, 0.717) is 29.3 Å². The van der Waals surface area contributed by atoms with Crippen molar-refractivity contribution in [2.45, 2.75) is 20.1 Å². The monoisotopic (exact) mass is 415 g/mol. The molecule has 0 aliphatic carbocycles. The summed E-state index contributed by atoms with van der Waals surface area (Å²) >= 11 is 0. The molecule has 0 atom stereocenters. The number of ketones is 1. The Morgan fingerprint density at radius 3 is 2.65 bits per heavy atom. The van der Waals surface area contributed by atoms with Gasteiger partial charge in [0.1, 0.15) is 18.1 Å². The summed E-state index contributed by atoms with van der Waals surface area (Å²) in [6.45, 7) is 2.30. The molecule has 4 aromatic rings. The van der Waals surface area contributed by atoms with E-state index in [1.807, 2.05) is 41.2 Å². The lowest BCUT2D eigenvalue weighted by Gasteiger charge is -2.07. The minimum atomic E-state index is -0.340. The number of carbonyl (C=O) groups is 2. The second-order valence-corrected chi connectivity index (χ2v) is 6.99. The van der Waals surface area contributed by atoms with E-state index in [-0.39, 0.29) is 24.1 Å². The second-order valence-electron chi connectivity index (χ2n) is 6.99. The van der Waals surface area contributed by atoms with Gasteiger partial charge in [0.2, 0.25) is 0 Å². The summed E-state index contributed by atoms with van der Waals surface area (Å²) in [7, 11) is 0. The maximum atomic E-state index is 12.5. The van der Waals surface area contributed by atoms with Gasteiger partial charge in [-0.25, -0.2) is 0 Å². The van der Waals surface area contributed by atoms with Crippen LogP contribution in [0.3, 0.4) is 0 Å². The van der Waals surface area contributed by atoms with Crippen LogP contribution in [0.2, 0.25) is 0 Å². The standard InChI is InChI=1S/C24H21N3O4/c1-17(28)19-6-8-21(9-7-19)30-16-22-10-11-23(31-22)24(29)26-20-5-2-4-18(14-20)15-27-13-3-12-25-27/h2-14H,15-16H2,1H3,(H,26,29). The van der Waals surface area contributed by atoms with E-state index in [4.69, 9.17) is 9.15 Å². The largest absolute Gasteiger partial charge is 0.486 e. The molecule has 7 heteroatoms. The number of nitrogens with one attached hydrogen (secondary N) is 1. The van der Waals surface area contributed by atoms with Crippen LogP contribution in [0.4, 0.5) is 5.69 Å². The van der Waals surface area contributed by atoms with E-state index in [0.717, 1.165) is 5.56 Å². The lowest BCUT2D eigenvalue weighted by Crippen LogP contribution is -2.11. The molecule has 0 bridgehead atoms. The third-order valence-electron chi connectivity index (χ3n) is 4.62. The Hall–Kier alpha value is -4.13. The minimum absolute atomic E-state index is 0.000150. The molecule has 2 heterocycles. The molecule has 0 aliphatic rings. The van der Waals surface area contributed by atoms with Gasteiger partial charge in [-0.3, -0.25) is 14.3 Å². The van der Waals surface area contributed by atoms with Gasteiger partial charge in [-0.05, 0) is 67.1 Å². The van der Waals surface area contributed by atoms with E-state index in [1.54, 1.807) is 42.6 Å².